The molecule has 3 heteroatoms. The highest BCUT2D eigenvalue weighted by Crippen LogP contribution is 2.04. The average Bonchev–Trinajstić information content (AvgIpc) is 2.02. The normalized spacial score (nSPS) is 11.2. The Morgan fingerprint density at radius 1 is 1.50 bits per heavy atom. The lowest BCUT2D eigenvalue weighted by Gasteiger charge is -2.17. The second-order valence-electron chi connectivity index (χ2n) is 3.38. The third-order valence-corrected chi connectivity index (χ3v) is 1.37. The van der Waals surface area contributed by atoms with Crippen LogP contribution in [0.5, 0.6) is 0 Å². The van der Waals surface area contributed by atoms with Crippen molar-refractivity contribution in [1.29, 1.82) is 0 Å². The van der Waals surface area contributed by atoms with Crippen LogP contribution in [-0.4, -0.2) is 22.2 Å². The molecule has 1 aromatic heterocycles. The Morgan fingerprint density at radius 2 is 2.25 bits per heavy atom. The number of nitrogens with zero attached hydrogens (tertiary/aromatic N) is 1. The van der Waals surface area contributed by atoms with E-state index in [-0.39, 0.29) is 0 Å². The number of rotatable bonds is 3. The molecule has 3 nitrogen and oxygen atoms in total. The van der Waals surface area contributed by atoms with E-state index >= 15 is 0 Å². The summed E-state index contributed by atoms with van der Waals surface area (Å²) >= 11 is 0. The van der Waals surface area contributed by atoms with Crippen LogP contribution in [0.25, 0.3) is 0 Å². The van der Waals surface area contributed by atoms with Crippen LogP contribution in [0.15, 0.2) is 24.4 Å². The molecule has 12 heavy (non-hydrogen) atoms. The Labute approximate surface area is 72.5 Å². The van der Waals surface area contributed by atoms with Crippen LogP contribution in [-0.2, 0) is 0 Å². The van der Waals surface area contributed by atoms with E-state index in [9.17, 15) is 5.11 Å². The van der Waals surface area contributed by atoms with Gasteiger partial charge in [-0.25, -0.2) is 4.98 Å². The molecule has 0 aliphatic carbocycles. The van der Waals surface area contributed by atoms with Crippen molar-refractivity contribution in [1.82, 2.24) is 4.98 Å². The van der Waals surface area contributed by atoms with Crippen molar-refractivity contribution in [2.24, 2.45) is 0 Å². The van der Waals surface area contributed by atoms with Crippen molar-refractivity contribution >= 4 is 5.82 Å². The zero-order valence-corrected chi connectivity index (χ0v) is 7.41. The highest BCUT2D eigenvalue weighted by atomic mass is 16.3. The number of anilines is 1. The minimum absolute atomic E-state index is 0.504. The van der Waals surface area contributed by atoms with Crippen molar-refractivity contribution in [3.63, 3.8) is 0 Å². The van der Waals surface area contributed by atoms with E-state index < -0.39 is 5.60 Å². The molecule has 0 bridgehead atoms. The smallest absolute Gasteiger partial charge is 0.125 e. The molecular weight excluding hydrogens is 152 g/mol. The maximum atomic E-state index is 9.39. The average molecular weight is 166 g/mol. The number of nitrogens with one attached hydrogen (secondary N) is 1. The van der Waals surface area contributed by atoms with Gasteiger partial charge in [-0.05, 0) is 26.0 Å². The van der Waals surface area contributed by atoms with E-state index in [0.717, 1.165) is 5.82 Å². The van der Waals surface area contributed by atoms with Crippen LogP contribution in [0, 0.1) is 0 Å². The Morgan fingerprint density at radius 3 is 2.75 bits per heavy atom. The molecule has 0 fully saturated rings. The quantitative estimate of drug-likeness (QED) is 0.710. The Balaban J connectivity index is 2.44. The van der Waals surface area contributed by atoms with Gasteiger partial charge in [0.1, 0.15) is 5.82 Å². The van der Waals surface area contributed by atoms with Crippen LogP contribution in [0.1, 0.15) is 13.8 Å². The minimum atomic E-state index is -0.697. The molecule has 66 valence electrons. The largest absolute Gasteiger partial charge is 0.389 e. The molecule has 0 aromatic carbocycles. The van der Waals surface area contributed by atoms with Gasteiger partial charge in [0.2, 0.25) is 0 Å². The van der Waals surface area contributed by atoms with Crippen LogP contribution in [0.2, 0.25) is 0 Å². The summed E-state index contributed by atoms with van der Waals surface area (Å²) in [7, 11) is 0. The topological polar surface area (TPSA) is 45.1 Å². The van der Waals surface area contributed by atoms with Gasteiger partial charge < -0.3 is 10.4 Å². The summed E-state index contributed by atoms with van der Waals surface area (Å²) in [5, 5.41) is 12.4. The Kier molecular flexibility index (Phi) is 2.65. The van der Waals surface area contributed by atoms with Crippen LogP contribution in [0.4, 0.5) is 5.82 Å². The van der Waals surface area contributed by atoms with Crippen molar-refractivity contribution in [3.8, 4) is 0 Å². The molecule has 2 N–H and O–H groups in total. The zero-order chi connectivity index (χ0) is 9.03. The molecule has 0 atom stereocenters. The summed E-state index contributed by atoms with van der Waals surface area (Å²) in [6.45, 7) is 4.01. The van der Waals surface area contributed by atoms with Crippen molar-refractivity contribution in [3.05, 3.63) is 24.4 Å². The Hall–Kier alpha value is -1.09. The lowest BCUT2D eigenvalue weighted by Crippen LogP contribution is -2.29. The van der Waals surface area contributed by atoms with E-state index in [1.807, 2.05) is 18.2 Å². The van der Waals surface area contributed by atoms with Gasteiger partial charge in [0.05, 0.1) is 5.60 Å². The van der Waals surface area contributed by atoms with Gasteiger partial charge in [-0.1, -0.05) is 6.07 Å². The van der Waals surface area contributed by atoms with Gasteiger partial charge in [-0.2, -0.15) is 0 Å². The van der Waals surface area contributed by atoms with Gasteiger partial charge in [0, 0.05) is 12.7 Å². The summed E-state index contributed by atoms with van der Waals surface area (Å²) in [5.41, 5.74) is -0.697. The summed E-state index contributed by atoms with van der Waals surface area (Å²) in [6.07, 6.45) is 1.71. The molecular formula is C9H14N2O. The second-order valence-corrected chi connectivity index (χ2v) is 3.38. The lowest BCUT2D eigenvalue weighted by atomic mass is 10.1. The van der Waals surface area contributed by atoms with Crippen molar-refractivity contribution in [2.75, 3.05) is 11.9 Å². The molecule has 0 aliphatic rings. The molecule has 1 heterocycles. The van der Waals surface area contributed by atoms with E-state index in [2.05, 4.69) is 10.3 Å². The highest BCUT2D eigenvalue weighted by molar-refractivity contribution is 5.33. The molecule has 0 amide bonds. The maximum absolute atomic E-state index is 9.39. The van der Waals surface area contributed by atoms with Gasteiger partial charge in [-0.3, -0.25) is 0 Å². The van der Waals surface area contributed by atoms with E-state index in [1.165, 1.54) is 0 Å². The third kappa shape index (κ3) is 3.34. The standard InChI is InChI=1S/C9H14N2O/c1-9(2,12)7-11-8-5-3-4-6-10-8/h3-6,12H,7H2,1-2H3,(H,10,11). The first-order chi connectivity index (χ1) is 5.58. The monoisotopic (exact) mass is 166 g/mol. The van der Waals surface area contributed by atoms with Crippen LogP contribution in [0.3, 0.4) is 0 Å². The second kappa shape index (κ2) is 3.54. The van der Waals surface area contributed by atoms with Gasteiger partial charge in [-0.15, -0.1) is 0 Å². The molecule has 0 saturated carbocycles. The summed E-state index contributed by atoms with van der Waals surface area (Å²) < 4.78 is 0. The highest BCUT2D eigenvalue weighted by Gasteiger charge is 2.11. The van der Waals surface area contributed by atoms with Gasteiger partial charge in [0.25, 0.3) is 0 Å². The van der Waals surface area contributed by atoms with E-state index in [0.29, 0.717) is 6.54 Å². The maximum Gasteiger partial charge on any atom is 0.125 e. The predicted octanol–water partition coefficient (Wildman–Crippen LogP) is 1.26. The fourth-order valence-corrected chi connectivity index (χ4v) is 0.774. The third-order valence-electron chi connectivity index (χ3n) is 1.37. The first-order valence-corrected chi connectivity index (χ1v) is 3.95. The van der Waals surface area contributed by atoms with E-state index in [1.54, 1.807) is 20.0 Å². The van der Waals surface area contributed by atoms with Crippen molar-refractivity contribution in [2.45, 2.75) is 19.4 Å². The number of pyridine rings is 1. The van der Waals surface area contributed by atoms with Crippen molar-refractivity contribution < 1.29 is 5.11 Å². The van der Waals surface area contributed by atoms with Crippen LogP contribution < -0.4 is 5.32 Å². The SMILES string of the molecule is CC(C)(O)CNc1ccccn1. The molecule has 0 spiro atoms. The molecule has 0 saturated heterocycles. The number of aromatic nitrogens is 1. The molecule has 0 radical (unpaired) electrons. The first kappa shape index (κ1) is 9.00. The number of hydrogen-bond acceptors (Lipinski definition) is 3. The summed E-state index contributed by atoms with van der Waals surface area (Å²) in [4.78, 5) is 4.06. The number of hydrogen-bond donors (Lipinski definition) is 2. The summed E-state index contributed by atoms with van der Waals surface area (Å²) in [5.74, 6) is 0.791. The fraction of sp³-hybridized carbons (Fsp3) is 0.444. The molecule has 0 unspecified atom stereocenters. The fourth-order valence-electron chi connectivity index (χ4n) is 0.774. The van der Waals surface area contributed by atoms with Crippen LogP contribution >= 0.6 is 0 Å². The molecule has 1 aromatic rings. The lowest BCUT2D eigenvalue weighted by molar-refractivity contribution is 0.0944. The van der Waals surface area contributed by atoms with Gasteiger partial charge >= 0.3 is 0 Å². The van der Waals surface area contributed by atoms with Gasteiger partial charge in [0.15, 0.2) is 0 Å². The Bertz CT molecular complexity index is 228. The number of aliphatic hydroxyl groups is 1. The minimum Gasteiger partial charge on any atom is -0.389 e. The zero-order valence-electron chi connectivity index (χ0n) is 7.41. The first-order valence-electron chi connectivity index (χ1n) is 3.95. The van der Waals surface area contributed by atoms with E-state index in [4.69, 9.17) is 0 Å². The molecule has 1 rings (SSSR count). The summed E-state index contributed by atoms with van der Waals surface area (Å²) in [6, 6.07) is 5.63. The predicted molar refractivity (Wildman–Crippen MR) is 49.0 cm³/mol. The molecule has 0 aliphatic heterocycles.